The predicted octanol–water partition coefficient (Wildman–Crippen LogP) is -1.22. The second-order valence-corrected chi connectivity index (χ2v) is 4.26. The van der Waals surface area contributed by atoms with Gasteiger partial charge in [0.2, 0.25) is 11.8 Å². The molecule has 0 spiro atoms. The molecule has 0 aliphatic heterocycles. The van der Waals surface area contributed by atoms with Gasteiger partial charge in [-0.25, -0.2) is 0 Å². The summed E-state index contributed by atoms with van der Waals surface area (Å²) in [5.41, 5.74) is 0. The Morgan fingerprint density at radius 1 is 1.37 bits per heavy atom. The van der Waals surface area contributed by atoms with E-state index in [9.17, 15) is 9.59 Å². The Kier molecular flexibility index (Phi) is 10.1. The summed E-state index contributed by atoms with van der Waals surface area (Å²) in [6, 6.07) is -0.791. The molecule has 2 amide bonds. The zero-order chi connectivity index (χ0) is 14.7. The Bertz CT molecular complexity index is 273. The van der Waals surface area contributed by atoms with Crippen LogP contribution in [0.1, 0.15) is 26.7 Å². The molecule has 2 atom stereocenters. The lowest BCUT2D eigenvalue weighted by Gasteiger charge is -2.18. The van der Waals surface area contributed by atoms with Crippen LogP contribution in [0.15, 0.2) is 0 Å². The molecule has 112 valence electrons. The predicted molar refractivity (Wildman–Crippen MR) is 69.4 cm³/mol. The Morgan fingerprint density at radius 3 is 2.58 bits per heavy atom. The summed E-state index contributed by atoms with van der Waals surface area (Å²) >= 11 is 0. The number of unbranched alkanes of at least 4 members (excludes halogenated alkanes) is 1. The van der Waals surface area contributed by atoms with Gasteiger partial charge < -0.3 is 25.6 Å². The number of aliphatic hydroxyl groups excluding tert-OH is 2. The minimum absolute atomic E-state index is 0.0691. The van der Waals surface area contributed by atoms with Crippen LogP contribution in [-0.4, -0.2) is 60.5 Å². The molecule has 0 aromatic rings. The molecule has 0 saturated heterocycles. The molecule has 0 unspecified atom stereocenters. The Hall–Kier alpha value is -1.18. The fraction of sp³-hybridized carbons (Fsp3) is 0.833. The summed E-state index contributed by atoms with van der Waals surface area (Å²) in [5.74, 6) is -0.777. The topological polar surface area (TPSA) is 108 Å². The van der Waals surface area contributed by atoms with Crippen LogP contribution in [0.4, 0.5) is 0 Å². The van der Waals surface area contributed by atoms with Gasteiger partial charge in [-0.15, -0.1) is 0 Å². The Balaban J connectivity index is 4.15. The van der Waals surface area contributed by atoms with Crippen molar-refractivity contribution in [1.29, 1.82) is 0 Å². The maximum atomic E-state index is 11.8. The van der Waals surface area contributed by atoms with Gasteiger partial charge >= 0.3 is 0 Å². The first-order chi connectivity index (χ1) is 9.01. The highest BCUT2D eigenvalue weighted by molar-refractivity contribution is 5.86. The molecule has 0 aromatic carbocycles. The number of carbonyl (C=O) groups is 2. The van der Waals surface area contributed by atoms with E-state index in [2.05, 4.69) is 10.6 Å². The third kappa shape index (κ3) is 9.40. The molecule has 0 saturated carbocycles. The zero-order valence-corrected chi connectivity index (χ0v) is 11.5. The van der Waals surface area contributed by atoms with E-state index < -0.39 is 24.7 Å². The summed E-state index contributed by atoms with van der Waals surface area (Å²) in [7, 11) is 0. The molecule has 19 heavy (non-hydrogen) atoms. The van der Waals surface area contributed by atoms with Crippen molar-refractivity contribution in [3.05, 3.63) is 0 Å². The monoisotopic (exact) mass is 276 g/mol. The SMILES string of the molecule is CCCCOC[C@@H](NC(C)=O)C(=O)NC[C@H](O)CO. The van der Waals surface area contributed by atoms with Crippen molar-refractivity contribution in [3.63, 3.8) is 0 Å². The lowest BCUT2D eigenvalue weighted by molar-refractivity contribution is -0.130. The molecule has 0 rings (SSSR count). The molecular weight excluding hydrogens is 252 g/mol. The number of carbonyl (C=O) groups excluding carboxylic acids is 2. The van der Waals surface area contributed by atoms with E-state index in [1.165, 1.54) is 6.92 Å². The van der Waals surface area contributed by atoms with Gasteiger partial charge in [-0.3, -0.25) is 9.59 Å². The van der Waals surface area contributed by atoms with Crippen molar-refractivity contribution >= 4 is 11.8 Å². The maximum Gasteiger partial charge on any atom is 0.245 e. The van der Waals surface area contributed by atoms with E-state index in [4.69, 9.17) is 14.9 Å². The highest BCUT2D eigenvalue weighted by atomic mass is 16.5. The molecule has 7 heteroatoms. The van der Waals surface area contributed by atoms with Gasteiger partial charge in [0.05, 0.1) is 19.3 Å². The third-order valence-corrected chi connectivity index (χ3v) is 2.34. The van der Waals surface area contributed by atoms with Crippen LogP contribution >= 0.6 is 0 Å². The number of nitrogens with one attached hydrogen (secondary N) is 2. The summed E-state index contributed by atoms with van der Waals surface area (Å²) < 4.78 is 5.30. The quantitative estimate of drug-likeness (QED) is 0.374. The fourth-order valence-electron chi connectivity index (χ4n) is 1.28. The van der Waals surface area contributed by atoms with Crippen LogP contribution < -0.4 is 10.6 Å². The van der Waals surface area contributed by atoms with E-state index in [0.717, 1.165) is 12.8 Å². The van der Waals surface area contributed by atoms with Crippen LogP contribution in [0.25, 0.3) is 0 Å². The molecule has 0 fully saturated rings. The molecule has 0 radical (unpaired) electrons. The lowest BCUT2D eigenvalue weighted by Crippen LogP contribution is -2.50. The van der Waals surface area contributed by atoms with Crippen LogP contribution in [0, 0.1) is 0 Å². The molecular formula is C12H24N2O5. The lowest BCUT2D eigenvalue weighted by atomic mass is 10.2. The molecule has 4 N–H and O–H groups in total. The van der Waals surface area contributed by atoms with Gasteiger partial charge in [0.1, 0.15) is 6.04 Å². The van der Waals surface area contributed by atoms with Crippen molar-refractivity contribution in [1.82, 2.24) is 10.6 Å². The third-order valence-electron chi connectivity index (χ3n) is 2.34. The fourth-order valence-corrected chi connectivity index (χ4v) is 1.28. The minimum Gasteiger partial charge on any atom is -0.394 e. The second kappa shape index (κ2) is 10.7. The van der Waals surface area contributed by atoms with E-state index in [1.54, 1.807) is 0 Å². The normalized spacial score (nSPS) is 13.7. The molecule has 7 nitrogen and oxygen atoms in total. The van der Waals surface area contributed by atoms with Crippen molar-refractivity contribution in [2.24, 2.45) is 0 Å². The van der Waals surface area contributed by atoms with Crippen LogP contribution in [0.2, 0.25) is 0 Å². The summed E-state index contributed by atoms with van der Waals surface area (Å²) in [6.45, 7) is 3.45. The first-order valence-corrected chi connectivity index (χ1v) is 6.42. The standard InChI is InChI=1S/C12H24N2O5/c1-3-4-5-19-8-11(14-9(2)16)12(18)13-6-10(17)7-15/h10-11,15,17H,3-8H2,1-2H3,(H,13,18)(H,14,16)/t10-,11+/m0/s1. The number of hydrogen-bond acceptors (Lipinski definition) is 5. The number of hydrogen-bond donors (Lipinski definition) is 4. The first-order valence-electron chi connectivity index (χ1n) is 6.42. The van der Waals surface area contributed by atoms with Gasteiger partial charge in [0, 0.05) is 20.1 Å². The Morgan fingerprint density at radius 2 is 2.05 bits per heavy atom. The highest BCUT2D eigenvalue weighted by Gasteiger charge is 2.20. The van der Waals surface area contributed by atoms with Crippen molar-refractivity contribution in [3.8, 4) is 0 Å². The van der Waals surface area contributed by atoms with Gasteiger partial charge in [0.15, 0.2) is 0 Å². The van der Waals surface area contributed by atoms with E-state index in [-0.39, 0.29) is 19.1 Å². The largest absolute Gasteiger partial charge is 0.394 e. The smallest absolute Gasteiger partial charge is 0.245 e. The van der Waals surface area contributed by atoms with E-state index in [1.807, 2.05) is 6.92 Å². The second-order valence-electron chi connectivity index (χ2n) is 4.26. The zero-order valence-electron chi connectivity index (χ0n) is 11.5. The summed E-state index contributed by atoms with van der Waals surface area (Å²) in [6.07, 6.45) is 0.861. The van der Waals surface area contributed by atoms with Gasteiger partial charge in [-0.1, -0.05) is 13.3 Å². The maximum absolute atomic E-state index is 11.8. The van der Waals surface area contributed by atoms with Crippen molar-refractivity contribution in [2.45, 2.75) is 38.8 Å². The van der Waals surface area contributed by atoms with Crippen molar-refractivity contribution in [2.75, 3.05) is 26.4 Å². The number of aliphatic hydroxyl groups is 2. The molecule has 0 heterocycles. The minimum atomic E-state index is -1.01. The summed E-state index contributed by atoms with van der Waals surface area (Å²) in [5, 5.41) is 22.7. The highest BCUT2D eigenvalue weighted by Crippen LogP contribution is 1.92. The van der Waals surface area contributed by atoms with Gasteiger partial charge in [0.25, 0.3) is 0 Å². The van der Waals surface area contributed by atoms with E-state index >= 15 is 0 Å². The molecule has 0 bridgehead atoms. The average Bonchev–Trinajstić information content (AvgIpc) is 2.38. The first kappa shape index (κ1) is 17.8. The van der Waals surface area contributed by atoms with Gasteiger partial charge in [-0.05, 0) is 6.42 Å². The number of ether oxygens (including phenoxy) is 1. The molecule has 0 aliphatic rings. The van der Waals surface area contributed by atoms with Crippen LogP contribution in [-0.2, 0) is 14.3 Å². The number of amides is 2. The van der Waals surface area contributed by atoms with Crippen LogP contribution in [0.5, 0.6) is 0 Å². The average molecular weight is 276 g/mol. The molecule has 0 aromatic heterocycles. The summed E-state index contributed by atoms with van der Waals surface area (Å²) in [4.78, 5) is 22.8. The van der Waals surface area contributed by atoms with Gasteiger partial charge in [-0.2, -0.15) is 0 Å². The number of rotatable bonds is 10. The molecule has 0 aliphatic carbocycles. The van der Waals surface area contributed by atoms with E-state index in [0.29, 0.717) is 6.61 Å². The Labute approximate surface area is 113 Å². The van der Waals surface area contributed by atoms with Crippen LogP contribution in [0.3, 0.4) is 0 Å². The van der Waals surface area contributed by atoms with Crippen molar-refractivity contribution < 1.29 is 24.5 Å².